The van der Waals surface area contributed by atoms with Gasteiger partial charge in [-0.2, -0.15) is 0 Å². The molecule has 0 heterocycles. The maximum atomic E-state index is 9.39. The van der Waals surface area contributed by atoms with Gasteiger partial charge in [0.25, 0.3) is 0 Å². The van der Waals surface area contributed by atoms with Crippen LogP contribution in [0.4, 0.5) is 0 Å². The van der Waals surface area contributed by atoms with E-state index in [-0.39, 0.29) is 19.0 Å². The topological polar surface area (TPSA) is 55.5 Å². The Labute approximate surface area is 102 Å². The molecule has 0 saturated heterocycles. The van der Waals surface area contributed by atoms with Gasteiger partial charge in [-0.05, 0) is 36.5 Å². The molecule has 0 bridgehead atoms. The molecule has 1 aromatic rings. The number of ether oxygens (including phenoxy) is 1. The van der Waals surface area contributed by atoms with Gasteiger partial charge in [0, 0.05) is 0 Å². The quantitative estimate of drug-likeness (QED) is 0.830. The molecule has 1 unspecified atom stereocenters. The van der Waals surface area contributed by atoms with E-state index in [0.717, 1.165) is 36.1 Å². The standard InChI is InChI=1S/C12H17NO2.ClH/c1-15-11-6-2-5-10-9(11)4-3-7-12(10,13)8-14;/h2,5-6,14H,3-4,7-8,13H2,1H3;1H. The number of aliphatic hydroxyl groups is 1. The molecule has 0 aromatic heterocycles. The molecule has 0 radical (unpaired) electrons. The minimum atomic E-state index is -0.581. The van der Waals surface area contributed by atoms with E-state index < -0.39 is 5.54 Å². The second-order valence-corrected chi connectivity index (χ2v) is 4.15. The van der Waals surface area contributed by atoms with Gasteiger partial charge in [-0.25, -0.2) is 0 Å². The number of rotatable bonds is 2. The van der Waals surface area contributed by atoms with E-state index in [1.807, 2.05) is 18.2 Å². The molecule has 2 rings (SSSR count). The fourth-order valence-corrected chi connectivity index (χ4v) is 2.36. The van der Waals surface area contributed by atoms with Crippen LogP contribution < -0.4 is 10.5 Å². The molecule has 16 heavy (non-hydrogen) atoms. The predicted octanol–water partition coefficient (Wildman–Crippen LogP) is 1.60. The lowest BCUT2D eigenvalue weighted by molar-refractivity contribution is 0.178. The summed E-state index contributed by atoms with van der Waals surface area (Å²) >= 11 is 0. The van der Waals surface area contributed by atoms with E-state index in [9.17, 15) is 5.11 Å². The van der Waals surface area contributed by atoms with Crippen molar-refractivity contribution in [3.8, 4) is 5.75 Å². The molecule has 0 saturated carbocycles. The van der Waals surface area contributed by atoms with Gasteiger partial charge in [0.2, 0.25) is 0 Å². The summed E-state index contributed by atoms with van der Waals surface area (Å²) in [6.07, 6.45) is 2.83. The van der Waals surface area contributed by atoms with Crippen LogP contribution in [0.3, 0.4) is 0 Å². The van der Waals surface area contributed by atoms with Crippen molar-refractivity contribution in [1.29, 1.82) is 0 Å². The molecule has 1 aliphatic rings. The second kappa shape index (κ2) is 5.04. The van der Waals surface area contributed by atoms with Crippen LogP contribution in [0.1, 0.15) is 24.0 Å². The summed E-state index contributed by atoms with van der Waals surface area (Å²) in [4.78, 5) is 0. The highest BCUT2D eigenvalue weighted by Gasteiger charge is 2.33. The van der Waals surface area contributed by atoms with Gasteiger partial charge in [-0.3, -0.25) is 0 Å². The van der Waals surface area contributed by atoms with Crippen LogP contribution in [-0.2, 0) is 12.0 Å². The van der Waals surface area contributed by atoms with Gasteiger partial charge < -0.3 is 15.6 Å². The van der Waals surface area contributed by atoms with Crippen LogP contribution in [0.5, 0.6) is 5.75 Å². The lowest BCUT2D eigenvalue weighted by Crippen LogP contribution is -2.43. The van der Waals surface area contributed by atoms with Crippen LogP contribution >= 0.6 is 12.4 Å². The van der Waals surface area contributed by atoms with Gasteiger partial charge in [0.1, 0.15) is 5.75 Å². The first kappa shape index (κ1) is 13.3. The number of nitrogens with two attached hydrogens (primary N) is 1. The summed E-state index contributed by atoms with van der Waals surface area (Å²) in [5.74, 6) is 0.885. The zero-order valence-electron chi connectivity index (χ0n) is 9.40. The molecular weight excluding hydrogens is 226 g/mol. The summed E-state index contributed by atoms with van der Waals surface area (Å²) in [5.41, 5.74) is 7.80. The van der Waals surface area contributed by atoms with Crippen LogP contribution in [-0.4, -0.2) is 18.8 Å². The zero-order chi connectivity index (χ0) is 10.9. The van der Waals surface area contributed by atoms with Crippen LogP contribution in [0.25, 0.3) is 0 Å². The number of hydrogen-bond donors (Lipinski definition) is 2. The molecule has 1 aliphatic carbocycles. The van der Waals surface area contributed by atoms with E-state index in [0.29, 0.717) is 0 Å². The average molecular weight is 244 g/mol. The lowest BCUT2D eigenvalue weighted by Gasteiger charge is -2.34. The average Bonchev–Trinajstić information content (AvgIpc) is 2.29. The fraction of sp³-hybridized carbons (Fsp3) is 0.500. The Balaban J connectivity index is 0.00000128. The minimum absolute atomic E-state index is 0. The molecule has 0 spiro atoms. The monoisotopic (exact) mass is 243 g/mol. The zero-order valence-corrected chi connectivity index (χ0v) is 10.2. The first-order valence-electron chi connectivity index (χ1n) is 5.27. The third kappa shape index (κ3) is 2.03. The van der Waals surface area contributed by atoms with E-state index in [4.69, 9.17) is 10.5 Å². The Hall–Kier alpha value is -0.770. The van der Waals surface area contributed by atoms with Crippen LogP contribution in [0.2, 0.25) is 0 Å². The third-order valence-electron chi connectivity index (χ3n) is 3.22. The molecule has 1 aromatic carbocycles. The van der Waals surface area contributed by atoms with Gasteiger partial charge in [0.15, 0.2) is 0 Å². The molecule has 90 valence electrons. The van der Waals surface area contributed by atoms with Crippen molar-refractivity contribution in [3.63, 3.8) is 0 Å². The van der Waals surface area contributed by atoms with Crippen molar-refractivity contribution in [1.82, 2.24) is 0 Å². The first-order chi connectivity index (χ1) is 7.21. The summed E-state index contributed by atoms with van der Waals surface area (Å²) in [6, 6.07) is 5.87. The molecule has 0 fully saturated rings. The van der Waals surface area contributed by atoms with Crippen molar-refractivity contribution in [3.05, 3.63) is 29.3 Å². The van der Waals surface area contributed by atoms with Crippen molar-refractivity contribution in [2.75, 3.05) is 13.7 Å². The predicted molar refractivity (Wildman–Crippen MR) is 66.1 cm³/mol. The molecule has 0 amide bonds. The summed E-state index contributed by atoms with van der Waals surface area (Å²) in [6.45, 7) is -0.00678. The first-order valence-corrected chi connectivity index (χ1v) is 5.27. The van der Waals surface area contributed by atoms with E-state index in [1.165, 1.54) is 0 Å². The highest BCUT2D eigenvalue weighted by Crippen LogP contribution is 2.37. The molecular formula is C12H18ClNO2. The largest absolute Gasteiger partial charge is 0.496 e. The Morgan fingerprint density at radius 2 is 2.25 bits per heavy atom. The lowest BCUT2D eigenvalue weighted by atomic mass is 9.77. The Morgan fingerprint density at radius 1 is 1.50 bits per heavy atom. The smallest absolute Gasteiger partial charge is 0.122 e. The minimum Gasteiger partial charge on any atom is -0.496 e. The maximum absolute atomic E-state index is 9.39. The van der Waals surface area contributed by atoms with Crippen molar-refractivity contribution in [2.45, 2.75) is 24.8 Å². The van der Waals surface area contributed by atoms with Crippen LogP contribution in [0.15, 0.2) is 18.2 Å². The van der Waals surface area contributed by atoms with E-state index in [1.54, 1.807) is 7.11 Å². The normalized spacial score (nSPS) is 23.2. The Morgan fingerprint density at radius 3 is 2.88 bits per heavy atom. The third-order valence-corrected chi connectivity index (χ3v) is 3.22. The van der Waals surface area contributed by atoms with Gasteiger partial charge >= 0.3 is 0 Å². The Bertz CT molecular complexity index is 370. The Kier molecular flexibility index (Phi) is 4.19. The van der Waals surface area contributed by atoms with Crippen molar-refractivity contribution < 1.29 is 9.84 Å². The summed E-state index contributed by atoms with van der Waals surface area (Å²) in [5, 5.41) is 9.39. The SMILES string of the molecule is COc1cccc2c1CCCC2(N)CO.Cl. The van der Waals surface area contributed by atoms with Gasteiger partial charge in [-0.1, -0.05) is 12.1 Å². The number of halogens is 1. The van der Waals surface area contributed by atoms with Crippen molar-refractivity contribution in [2.24, 2.45) is 5.73 Å². The summed E-state index contributed by atoms with van der Waals surface area (Å²) in [7, 11) is 1.67. The number of fused-ring (bicyclic) bond motifs is 1. The van der Waals surface area contributed by atoms with Crippen LogP contribution in [0, 0.1) is 0 Å². The highest BCUT2D eigenvalue weighted by atomic mass is 35.5. The molecule has 0 aliphatic heterocycles. The summed E-state index contributed by atoms with van der Waals surface area (Å²) < 4.78 is 5.31. The molecule has 4 heteroatoms. The fourth-order valence-electron chi connectivity index (χ4n) is 2.36. The van der Waals surface area contributed by atoms with E-state index in [2.05, 4.69) is 0 Å². The maximum Gasteiger partial charge on any atom is 0.122 e. The molecule has 3 N–H and O–H groups in total. The highest BCUT2D eigenvalue weighted by molar-refractivity contribution is 5.85. The second-order valence-electron chi connectivity index (χ2n) is 4.15. The van der Waals surface area contributed by atoms with Gasteiger partial charge in [-0.15, -0.1) is 12.4 Å². The number of methoxy groups -OCH3 is 1. The molecule has 3 nitrogen and oxygen atoms in total. The molecule has 1 atom stereocenters. The van der Waals surface area contributed by atoms with Crippen molar-refractivity contribution >= 4 is 12.4 Å². The number of aliphatic hydroxyl groups excluding tert-OH is 1. The number of hydrogen-bond acceptors (Lipinski definition) is 3. The van der Waals surface area contributed by atoms with Gasteiger partial charge in [0.05, 0.1) is 19.3 Å². The number of benzene rings is 1. The van der Waals surface area contributed by atoms with E-state index >= 15 is 0 Å².